The highest BCUT2D eigenvalue weighted by Crippen LogP contribution is 2.35. The number of alkyl halides is 2. The average molecular weight is 544 g/mol. The van der Waals surface area contributed by atoms with Crippen molar-refractivity contribution in [3.8, 4) is 33.8 Å². The van der Waals surface area contributed by atoms with Crippen LogP contribution in [-0.2, 0) is 6.54 Å². The molecule has 1 aliphatic heterocycles. The fourth-order valence-electron chi connectivity index (χ4n) is 5.27. The summed E-state index contributed by atoms with van der Waals surface area (Å²) in [6.07, 6.45) is 4.61. The van der Waals surface area contributed by atoms with Crippen LogP contribution in [-0.4, -0.2) is 54.0 Å². The number of benzene rings is 2. The molecule has 11 heteroatoms. The highest BCUT2D eigenvalue weighted by molar-refractivity contribution is 5.98. The van der Waals surface area contributed by atoms with Crippen LogP contribution in [0.1, 0.15) is 12.0 Å². The molecule has 2 N–H and O–H groups in total. The van der Waals surface area contributed by atoms with Gasteiger partial charge in [-0.05, 0) is 47.5 Å². The molecule has 4 aromatic heterocycles. The molecule has 7 nitrogen and oxygen atoms in total. The van der Waals surface area contributed by atoms with Gasteiger partial charge in [0.25, 0.3) is 5.92 Å². The quantitative estimate of drug-likeness (QED) is 0.248. The molecular formula is C29H21F4N7. The number of likely N-dealkylation sites (tertiary alicyclic amines) is 1. The van der Waals surface area contributed by atoms with Gasteiger partial charge in [0.1, 0.15) is 22.8 Å². The number of H-pyrrole nitrogens is 2. The maximum atomic E-state index is 16.1. The van der Waals surface area contributed by atoms with Crippen LogP contribution in [0.3, 0.4) is 0 Å². The molecular weight excluding hydrogens is 522 g/mol. The first kappa shape index (κ1) is 24.4. The number of hydrogen-bond acceptors (Lipinski definition) is 5. The monoisotopic (exact) mass is 543 g/mol. The molecule has 0 spiro atoms. The highest BCUT2D eigenvalue weighted by atomic mass is 19.3. The smallest absolute Gasteiger partial charge is 0.261 e. The number of imidazole rings is 1. The third-order valence-corrected chi connectivity index (χ3v) is 7.19. The number of fused-ring (bicyclic) bond motifs is 2. The van der Waals surface area contributed by atoms with E-state index < -0.39 is 11.7 Å². The molecule has 1 aliphatic rings. The number of halogens is 4. The molecule has 1 fully saturated rings. The predicted molar refractivity (Wildman–Crippen MR) is 142 cm³/mol. The molecule has 5 heterocycles. The number of nitrogens with zero attached hydrogens (tertiary/aromatic N) is 5. The van der Waals surface area contributed by atoms with Crippen LogP contribution >= 0.6 is 0 Å². The highest BCUT2D eigenvalue weighted by Gasteiger charge is 2.38. The third-order valence-electron chi connectivity index (χ3n) is 7.19. The van der Waals surface area contributed by atoms with E-state index >= 15 is 4.39 Å². The maximum Gasteiger partial charge on any atom is 0.261 e. The number of nitrogens with one attached hydrogen (secondary N) is 2. The minimum atomic E-state index is -2.69. The van der Waals surface area contributed by atoms with Crippen molar-refractivity contribution in [2.45, 2.75) is 18.9 Å². The van der Waals surface area contributed by atoms with Crippen LogP contribution in [0.5, 0.6) is 0 Å². The lowest BCUT2D eigenvalue weighted by Crippen LogP contribution is -2.24. The Morgan fingerprint density at radius 2 is 1.80 bits per heavy atom. The summed E-state index contributed by atoms with van der Waals surface area (Å²) < 4.78 is 56.9. The summed E-state index contributed by atoms with van der Waals surface area (Å²) in [5.41, 5.74) is 4.84. The lowest BCUT2D eigenvalue weighted by Gasteiger charge is -2.16. The lowest BCUT2D eigenvalue weighted by molar-refractivity contribution is 0.0115. The van der Waals surface area contributed by atoms with Gasteiger partial charge in [0.05, 0.1) is 17.4 Å². The Balaban J connectivity index is 1.27. The maximum absolute atomic E-state index is 16.1. The van der Waals surface area contributed by atoms with E-state index in [1.165, 1.54) is 12.1 Å². The van der Waals surface area contributed by atoms with E-state index in [0.717, 1.165) is 16.7 Å². The molecule has 0 saturated carbocycles. The molecule has 0 aliphatic carbocycles. The third kappa shape index (κ3) is 4.28. The average Bonchev–Trinajstić information content (AvgIpc) is 3.65. The molecule has 0 unspecified atom stereocenters. The van der Waals surface area contributed by atoms with Gasteiger partial charge in [-0.25, -0.2) is 27.5 Å². The molecule has 40 heavy (non-hydrogen) atoms. The van der Waals surface area contributed by atoms with Crippen LogP contribution in [0.25, 0.3) is 55.8 Å². The van der Waals surface area contributed by atoms with Crippen molar-refractivity contribution in [1.29, 1.82) is 0 Å². The number of hydrogen-bond donors (Lipinski definition) is 2. The van der Waals surface area contributed by atoms with Gasteiger partial charge in [-0.2, -0.15) is 5.10 Å². The molecule has 200 valence electrons. The molecule has 7 rings (SSSR count). The van der Waals surface area contributed by atoms with Crippen LogP contribution in [0, 0.1) is 11.6 Å². The second-order valence-electron chi connectivity index (χ2n) is 9.97. The summed E-state index contributed by atoms with van der Waals surface area (Å²) in [6.45, 7) is 0.302. The van der Waals surface area contributed by atoms with Gasteiger partial charge in [-0.15, -0.1) is 0 Å². The second-order valence-corrected chi connectivity index (χ2v) is 9.97. The largest absolute Gasteiger partial charge is 0.321 e. The molecule has 0 amide bonds. The van der Waals surface area contributed by atoms with Crippen molar-refractivity contribution in [1.82, 2.24) is 35.0 Å². The summed E-state index contributed by atoms with van der Waals surface area (Å²) in [7, 11) is 0. The first-order valence-corrected chi connectivity index (χ1v) is 12.7. The van der Waals surface area contributed by atoms with Crippen LogP contribution in [0.4, 0.5) is 17.6 Å². The first-order chi connectivity index (χ1) is 19.3. The molecule has 0 atom stereocenters. The van der Waals surface area contributed by atoms with Crippen LogP contribution < -0.4 is 0 Å². The summed E-state index contributed by atoms with van der Waals surface area (Å²) in [4.78, 5) is 18.1. The first-order valence-electron chi connectivity index (χ1n) is 12.7. The van der Waals surface area contributed by atoms with Crippen LogP contribution in [0.2, 0.25) is 0 Å². The van der Waals surface area contributed by atoms with Gasteiger partial charge in [-0.3, -0.25) is 15.0 Å². The van der Waals surface area contributed by atoms with Gasteiger partial charge >= 0.3 is 0 Å². The van der Waals surface area contributed by atoms with Gasteiger partial charge in [0.15, 0.2) is 11.5 Å². The van der Waals surface area contributed by atoms with Crippen molar-refractivity contribution in [2.24, 2.45) is 0 Å². The minimum Gasteiger partial charge on any atom is -0.321 e. The topological polar surface area (TPSA) is 86.4 Å². The molecule has 6 aromatic rings. The van der Waals surface area contributed by atoms with E-state index in [4.69, 9.17) is 4.98 Å². The Morgan fingerprint density at radius 3 is 2.60 bits per heavy atom. The molecule has 0 radical (unpaired) electrons. The van der Waals surface area contributed by atoms with E-state index in [-0.39, 0.29) is 29.9 Å². The fraction of sp³-hybridized carbons (Fsp3) is 0.172. The van der Waals surface area contributed by atoms with Gasteiger partial charge < -0.3 is 4.98 Å². The normalized spacial score (nSPS) is 15.4. The fourth-order valence-corrected chi connectivity index (χ4v) is 5.27. The summed E-state index contributed by atoms with van der Waals surface area (Å²) >= 11 is 0. The molecule has 0 bridgehead atoms. The van der Waals surface area contributed by atoms with Crippen molar-refractivity contribution in [2.75, 3.05) is 13.1 Å². The van der Waals surface area contributed by atoms with E-state index in [9.17, 15) is 13.2 Å². The predicted octanol–water partition coefficient (Wildman–Crippen LogP) is 6.35. The summed E-state index contributed by atoms with van der Waals surface area (Å²) in [6, 6.07) is 13.0. The Morgan fingerprint density at radius 1 is 0.950 bits per heavy atom. The second kappa shape index (κ2) is 9.23. The Bertz CT molecular complexity index is 1880. The Labute approximate surface area is 224 Å². The summed E-state index contributed by atoms with van der Waals surface area (Å²) in [5.74, 6) is -3.23. The zero-order chi connectivity index (χ0) is 27.4. The van der Waals surface area contributed by atoms with Crippen molar-refractivity contribution in [3.63, 3.8) is 0 Å². The Kier molecular flexibility index (Phi) is 5.63. The van der Waals surface area contributed by atoms with Gasteiger partial charge in [-0.1, -0.05) is 12.1 Å². The number of pyridine rings is 2. The SMILES string of the molecule is Fc1ccc(-c2ccnc3[nH]c(-c4n[nH]c5ccc(-c6cncc(CN7CCC(F)(F)C7)c6)c(F)c45)nc23)cc1. The molecule has 2 aromatic carbocycles. The lowest BCUT2D eigenvalue weighted by atomic mass is 10.0. The van der Waals surface area contributed by atoms with Crippen LogP contribution in [0.15, 0.2) is 67.1 Å². The van der Waals surface area contributed by atoms with Crippen molar-refractivity contribution >= 4 is 22.1 Å². The number of aromatic amines is 2. The minimum absolute atomic E-state index is 0.169. The molecule has 1 saturated heterocycles. The zero-order valence-corrected chi connectivity index (χ0v) is 20.9. The van der Waals surface area contributed by atoms with E-state index in [1.54, 1.807) is 59.9 Å². The Hall–Kier alpha value is -4.64. The van der Waals surface area contributed by atoms with E-state index in [2.05, 4.69) is 25.1 Å². The van der Waals surface area contributed by atoms with E-state index in [0.29, 0.717) is 46.7 Å². The number of aromatic nitrogens is 6. The van der Waals surface area contributed by atoms with Gasteiger partial charge in [0, 0.05) is 54.8 Å². The standard InChI is InChI=1S/C29H21F4N7/c30-19-3-1-17(2-4-19)21-7-9-35-27-25(21)36-28(37-27)26-23-22(38-39-26)6-5-20(24(23)31)18-11-16(12-34-13-18)14-40-10-8-29(32,33)15-40/h1-7,9,11-13H,8,10,14-15H2,(H,38,39)(H,35,36,37). The van der Waals surface area contributed by atoms with Gasteiger partial charge in [0.2, 0.25) is 0 Å². The van der Waals surface area contributed by atoms with Crippen molar-refractivity contribution in [3.05, 3.63) is 84.3 Å². The summed E-state index contributed by atoms with van der Waals surface area (Å²) in [5, 5.41) is 7.45. The number of rotatable bonds is 5. The zero-order valence-electron chi connectivity index (χ0n) is 20.9. The van der Waals surface area contributed by atoms with E-state index in [1.807, 2.05) is 0 Å². The van der Waals surface area contributed by atoms with Crippen molar-refractivity contribution < 1.29 is 17.6 Å².